The number of unbranched alkanes of at least 4 members (excludes halogenated alkanes) is 6. The van der Waals surface area contributed by atoms with Crippen LogP contribution in [-0.2, 0) is 4.74 Å². The lowest BCUT2D eigenvalue weighted by atomic mass is 10.1. The van der Waals surface area contributed by atoms with Crippen molar-refractivity contribution in [3.05, 3.63) is 89.5 Å². The summed E-state index contributed by atoms with van der Waals surface area (Å²) in [5.74, 6) is -1.19. The lowest BCUT2D eigenvalue weighted by Crippen LogP contribution is -2.25. The number of phenols is 3. The van der Waals surface area contributed by atoms with Crippen LogP contribution in [0, 0.1) is 0 Å². The largest absolute Gasteiger partial charge is 0.507 e. The van der Waals surface area contributed by atoms with Gasteiger partial charge in [-0.2, -0.15) is 0 Å². The number of carbonyl (C=O) groups excluding carboxylic acids is 3. The van der Waals surface area contributed by atoms with Crippen LogP contribution in [-0.4, -0.2) is 66.4 Å². The molecule has 0 aliphatic rings. The predicted octanol–water partition coefficient (Wildman–Crippen LogP) is 4.46. The first-order valence-electron chi connectivity index (χ1n) is 15.2. The predicted molar refractivity (Wildman–Crippen MR) is 175 cm³/mol. The fourth-order valence-corrected chi connectivity index (χ4v) is 3.93. The van der Waals surface area contributed by atoms with E-state index in [0.29, 0.717) is 13.1 Å². The second-order valence-corrected chi connectivity index (χ2v) is 9.96. The van der Waals surface area contributed by atoms with E-state index in [9.17, 15) is 24.6 Å². The molecule has 2 amide bonds. The van der Waals surface area contributed by atoms with Gasteiger partial charge in [0.2, 0.25) is 0 Å². The van der Waals surface area contributed by atoms with E-state index in [-0.39, 0.29) is 45.8 Å². The molecule has 11 heteroatoms. The fraction of sp³-hybridized carbons (Fsp3) is 0.382. The van der Waals surface area contributed by atoms with Gasteiger partial charge in [0.15, 0.2) is 0 Å². The molecule has 0 spiro atoms. The van der Waals surface area contributed by atoms with Gasteiger partial charge < -0.3 is 42.2 Å². The average molecular weight is 625 g/mol. The number of aromatic hydroxyl groups is 3. The zero-order valence-corrected chi connectivity index (χ0v) is 26.0. The van der Waals surface area contributed by atoms with Crippen LogP contribution in [0.4, 0.5) is 0 Å². The van der Waals surface area contributed by atoms with Crippen molar-refractivity contribution >= 4 is 17.8 Å². The van der Waals surface area contributed by atoms with Crippen molar-refractivity contribution in [3.63, 3.8) is 0 Å². The molecule has 0 fully saturated rings. The minimum absolute atomic E-state index is 0.0230. The van der Waals surface area contributed by atoms with Crippen molar-refractivity contribution in [3.8, 4) is 17.2 Å². The third kappa shape index (κ3) is 16.2. The quantitative estimate of drug-likeness (QED) is 0.0943. The Morgan fingerprint density at radius 2 is 0.889 bits per heavy atom. The van der Waals surface area contributed by atoms with E-state index < -0.39 is 5.97 Å². The Morgan fingerprint density at radius 3 is 1.22 bits per heavy atom. The average Bonchev–Trinajstić information content (AvgIpc) is 3.05. The minimum atomic E-state index is -0.525. The molecule has 0 bridgehead atoms. The van der Waals surface area contributed by atoms with Crippen LogP contribution < -0.4 is 22.1 Å². The summed E-state index contributed by atoms with van der Waals surface area (Å²) in [6.45, 7) is 2.73. The molecule has 3 rings (SSSR count). The number of benzene rings is 3. The summed E-state index contributed by atoms with van der Waals surface area (Å²) < 4.78 is 4.42. The molecule has 0 heterocycles. The second kappa shape index (κ2) is 23.8. The molecule has 246 valence electrons. The van der Waals surface area contributed by atoms with E-state index in [1.165, 1.54) is 44.2 Å². The molecule has 0 unspecified atom stereocenters. The maximum atomic E-state index is 11.9. The van der Waals surface area contributed by atoms with Gasteiger partial charge in [-0.3, -0.25) is 9.59 Å². The van der Waals surface area contributed by atoms with E-state index in [0.717, 1.165) is 51.6 Å². The molecule has 45 heavy (non-hydrogen) atoms. The van der Waals surface area contributed by atoms with Gasteiger partial charge >= 0.3 is 5.97 Å². The molecule has 9 N–H and O–H groups in total. The highest BCUT2D eigenvalue weighted by atomic mass is 16.5. The lowest BCUT2D eigenvalue weighted by molar-refractivity contribution is 0.0597. The standard InChI is InChI=1S/C20H24N2O4.C8H8O3.C6H16N2/c23-17-11-5-3-9-15(17)19(25)21-13-7-1-2-8-14-22-20(26)16-10-4-6-12-18(16)24;1-11-8(10)6-4-2-3-5-7(6)9;7-5-3-1-2-4-6-8/h3-6,9-12,23-24H,1-2,7-8,13-14H2,(H,21,25)(H,22,26);2-5,9H,1H3;1-8H2. The smallest absolute Gasteiger partial charge is 0.341 e. The van der Waals surface area contributed by atoms with E-state index in [1.54, 1.807) is 48.5 Å². The van der Waals surface area contributed by atoms with Gasteiger partial charge in [-0.05, 0) is 75.2 Å². The van der Waals surface area contributed by atoms with Crippen LogP contribution in [0.3, 0.4) is 0 Å². The number of hydrogen-bond acceptors (Lipinski definition) is 9. The van der Waals surface area contributed by atoms with Gasteiger partial charge in [0.25, 0.3) is 11.8 Å². The summed E-state index contributed by atoms with van der Waals surface area (Å²) in [5.41, 5.74) is 11.3. The molecule has 0 radical (unpaired) electrons. The van der Waals surface area contributed by atoms with Crippen LogP contribution in [0.1, 0.15) is 82.4 Å². The SMILES string of the molecule is COC(=O)c1ccccc1O.NCCCCCCN.O=C(NCCCCCCNC(=O)c1ccccc1O)c1ccccc1O. The van der Waals surface area contributed by atoms with Crippen LogP contribution in [0.25, 0.3) is 0 Å². The first-order chi connectivity index (χ1) is 21.8. The van der Waals surface area contributed by atoms with Crippen molar-refractivity contribution in [2.45, 2.75) is 51.4 Å². The van der Waals surface area contributed by atoms with E-state index in [1.807, 2.05) is 0 Å². The zero-order valence-electron chi connectivity index (χ0n) is 26.0. The van der Waals surface area contributed by atoms with E-state index >= 15 is 0 Å². The Morgan fingerprint density at radius 1 is 0.556 bits per heavy atom. The van der Waals surface area contributed by atoms with Crippen molar-refractivity contribution < 1.29 is 34.4 Å². The van der Waals surface area contributed by atoms with Gasteiger partial charge in [0.1, 0.15) is 22.8 Å². The molecule has 0 saturated carbocycles. The zero-order chi connectivity index (χ0) is 33.3. The lowest BCUT2D eigenvalue weighted by Gasteiger charge is -2.08. The first-order valence-corrected chi connectivity index (χ1v) is 15.2. The van der Waals surface area contributed by atoms with Crippen LogP contribution in [0.5, 0.6) is 17.2 Å². The molecular weight excluding hydrogens is 576 g/mol. The molecule has 0 aliphatic heterocycles. The maximum absolute atomic E-state index is 11.9. The molecule has 3 aromatic rings. The number of hydrogen-bond donors (Lipinski definition) is 7. The highest BCUT2D eigenvalue weighted by Gasteiger charge is 2.10. The molecule has 0 aromatic heterocycles. The molecule has 0 saturated heterocycles. The minimum Gasteiger partial charge on any atom is -0.507 e. The van der Waals surface area contributed by atoms with Gasteiger partial charge in [0, 0.05) is 13.1 Å². The van der Waals surface area contributed by atoms with Crippen LogP contribution in [0.2, 0.25) is 0 Å². The Balaban J connectivity index is 0.000000435. The highest BCUT2D eigenvalue weighted by Crippen LogP contribution is 2.17. The highest BCUT2D eigenvalue weighted by molar-refractivity contribution is 5.97. The Hall–Kier alpha value is -4.61. The Kier molecular flexibility index (Phi) is 20.3. The first kappa shape index (κ1) is 38.4. The summed E-state index contributed by atoms with van der Waals surface area (Å²) >= 11 is 0. The van der Waals surface area contributed by atoms with E-state index in [2.05, 4.69) is 15.4 Å². The summed E-state index contributed by atoms with van der Waals surface area (Å²) in [6, 6.07) is 19.1. The molecular formula is C34H48N4O7. The maximum Gasteiger partial charge on any atom is 0.341 e. The monoisotopic (exact) mass is 624 g/mol. The summed E-state index contributed by atoms with van der Waals surface area (Å²) in [6.07, 6.45) is 8.29. The van der Waals surface area contributed by atoms with Crippen molar-refractivity contribution in [1.82, 2.24) is 10.6 Å². The topological polar surface area (TPSA) is 197 Å². The number of phenolic OH excluding ortho intramolecular Hbond substituents is 3. The number of ether oxygens (including phenoxy) is 1. The van der Waals surface area contributed by atoms with E-state index in [4.69, 9.17) is 16.6 Å². The molecule has 3 aromatic carbocycles. The molecule has 0 atom stereocenters. The number of para-hydroxylation sites is 3. The van der Waals surface area contributed by atoms with Gasteiger partial charge in [-0.1, -0.05) is 62.1 Å². The summed E-state index contributed by atoms with van der Waals surface area (Å²) in [5, 5.41) is 33.9. The Bertz CT molecular complexity index is 1220. The van der Waals surface area contributed by atoms with Crippen LogP contribution in [0.15, 0.2) is 72.8 Å². The Labute approximate surface area is 265 Å². The number of methoxy groups -OCH3 is 1. The third-order valence-electron chi connectivity index (χ3n) is 6.44. The number of nitrogens with two attached hydrogens (primary N) is 2. The number of carbonyl (C=O) groups is 3. The summed E-state index contributed by atoms with van der Waals surface area (Å²) in [4.78, 5) is 34.6. The van der Waals surface area contributed by atoms with Crippen molar-refractivity contribution in [2.75, 3.05) is 33.3 Å². The number of rotatable bonds is 15. The van der Waals surface area contributed by atoms with Crippen molar-refractivity contribution in [2.24, 2.45) is 11.5 Å². The third-order valence-corrected chi connectivity index (χ3v) is 6.44. The van der Waals surface area contributed by atoms with Crippen LogP contribution >= 0.6 is 0 Å². The van der Waals surface area contributed by atoms with Crippen molar-refractivity contribution in [1.29, 1.82) is 0 Å². The number of amides is 2. The summed E-state index contributed by atoms with van der Waals surface area (Å²) in [7, 11) is 1.27. The van der Waals surface area contributed by atoms with Gasteiger partial charge in [0.05, 0.1) is 18.2 Å². The molecule has 11 nitrogen and oxygen atoms in total. The van der Waals surface area contributed by atoms with Gasteiger partial charge in [-0.15, -0.1) is 0 Å². The normalized spacial score (nSPS) is 9.93. The number of esters is 1. The van der Waals surface area contributed by atoms with Gasteiger partial charge in [-0.25, -0.2) is 4.79 Å². The fourth-order valence-electron chi connectivity index (χ4n) is 3.93. The molecule has 0 aliphatic carbocycles. The second-order valence-electron chi connectivity index (χ2n) is 9.96. The number of nitrogens with one attached hydrogen (secondary N) is 2.